The molecular formula is C18H26N6O3. The van der Waals surface area contributed by atoms with Gasteiger partial charge in [0, 0.05) is 51.2 Å². The van der Waals surface area contributed by atoms with Gasteiger partial charge in [0.15, 0.2) is 0 Å². The fraction of sp³-hybridized carbons (Fsp3) is 0.556. The van der Waals surface area contributed by atoms with Crippen molar-refractivity contribution in [2.24, 2.45) is 0 Å². The summed E-state index contributed by atoms with van der Waals surface area (Å²) in [4.78, 5) is 24.7. The van der Waals surface area contributed by atoms with E-state index in [0.717, 1.165) is 44.8 Å². The second-order valence-corrected chi connectivity index (χ2v) is 6.59. The maximum Gasteiger partial charge on any atom is 0.317 e. The van der Waals surface area contributed by atoms with Crippen LogP contribution in [0.2, 0.25) is 0 Å². The van der Waals surface area contributed by atoms with Crippen LogP contribution in [0.1, 0.15) is 25.3 Å². The Morgan fingerprint density at radius 3 is 2.81 bits per heavy atom. The number of carbonyl (C=O) groups is 1. The summed E-state index contributed by atoms with van der Waals surface area (Å²) in [5.74, 6) is 0.851. The molecule has 0 radical (unpaired) electrons. The third-order valence-electron chi connectivity index (χ3n) is 4.51. The van der Waals surface area contributed by atoms with Gasteiger partial charge in [0.25, 0.3) is 0 Å². The molecule has 2 amide bonds. The lowest BCUT2D eigenvalue weighted by Gasteiger charge is -2.27. The minimum Gasteiger partial charge on any atom is -0.379 e. The number of amides is 2. The average molecular weight is 374 g/mol. The van der Waals surface area contributed by atoms with Crippen LogP contribution < -0.4 is 5.32 Å². The molecule has 9 heteroatoms. The summed E-state index contributed by atoms with van der Waals surface area (Å²) in [5.41, 5.74) is 0.818. The largest absolute Gasteiger partial charge is 0.379 e. The van der Waals surface area contributed by atoms with E-state index in [2.05, 4.69) is 25.3 Å². The number of nitrogens with one attached hydrogen (secondary N) is 1. The number of hydrogen-bond acceptors (Lipinski definition) is 7. The summed E-state index contributed by atoms with van der Waals surface area (Å²) in [7, 11) is 1.79. The van der Waals surface area contributed by atoms with Gasteiger partial charge in [-0.2, -0.15) is 4.98 Å². The van der Waals surface area contributed by atoms with E-state index in [9.17, 15) is 4.79 Å². The maximum absolute atomic E-state index is 12.4. The summed E-state index contributed by atoms with van der Waals surface area (Å²) in [6.45, 7) is 6.98. The Balaban J connectivity index is 1.44. The van der Waals surface area contributed by atoms with Crippen LogP contribution in [0.4, 0.5) is 4.79 Å². The predicted molar refractivity (Wildman–Crippen MR) is 99.0 cm³/mol. The van der Waals surface area contributed by atoms with E-state index in [1.54, 1.807) is 36.5 Å². The predicted octanol–water partition coefficient (Wildman–Crippen LogP) is 1.56. The van der Waals surface area contributed by atoms with E-state index in [-0.39, 0.29) is 12.1 Å². The number of morpholine rings is 1. The van der Waals surface area contributed by atoms with E-state index < -0.39 is 0 Å². The molecule has 1 fully saturated rings. The van der Waals surface area contributed by atoms with Gasteiger partial charge in [-0.25, -0.2) is 4.79 Å². The minimum atomic E-state index is -0.373. The van der Waals surface area contributed by atoms with Crippen LogP contribution in [0, 0.1) is 0 Å². The molecule has 0 saturated carbocycles. The van der Waals surface area contributed by atoms with Crippen LogP contribution in [-0.2, 0) is 4.74 Å². The molecule has 0 aromatic carbocycles. The summed E-state index contributed by atoms with van der Waals surface area (Å²) in [6.07, 6.45) is 4.26. The van der Waals surface area contributed by atoms with Crippen molar-refractivity contribution in [2.45, 2.75) is 19.4 Å². The van der Waals surface area contributed by atoms with Gasteiger partial charge in [0.1, 0.15) is 6.04 Å². The Hall–Kier alpha value is -2.52. The number of nitrogens with zero attached hydrogens (tertiary/aromatic N) is 5. The Kier molecular flexibility index (Phi) is 6.72. The van der Waals surface area contributed by atoms with Gasteiger partial charge in [0.2, 0.25) is 11.7 Å². The van der Waals surface area contributed by atoms with Crippen LogP contribution >= 0.6 is 0 Å². The van der Waals surface area contributed by atoms with Gasteiger partial charge in [-0.1, -0.05) is 5.16 Å². The second kappa shape index (κ2) is 9.43. The number of rotatable bonds is 7. The standard InChI is InChI=1S/C18H26N6O3/c1-14(17-21-16(22-27-17)15-4-6-19-7-5-15)20-18(25)23(2)8-3-9-24-10-12-26-13-11-24/h4-7,14H,3,8-13H2,1-2H3,(H,20,25)/t14-/m1/s1. The normalized spacial score (nSPS) is 16.1. The van der Waals surface area contributed by atoms with Crippen molar-refractivity contribution in [3.8, 4) is 11.4 Å². The fourth-order valence-electron chi connectivity index (χ4n) is 2.84. The first-order chi connectivity index (χ1) is 13.1. The molecule has 0 unspecified atom stereocenters. The molecule has 0 aliphatic carbocycles. The number of pyridine rings is 1. The van der Waals surface area contributed by atoms with Crippen molar-refractivity contribution >= 4 is 6.03 Å². The van der Waals surface area contributed by atoms with Gasteiger partial charge in [-0.15, -0.1) is 0 Å². The Morgan fingerprint density at radius 2 is 2.07 bits per heavy atom. The number of ether oxygens (including phenoxy) is 1. The van der Waals surface area contributed by atoms with Gasteiger partial charge in [-0.05, 0) is 25.5 Å². The van der Waals surface area contributed by atoms with Crippen molar-refractivity contribution in [1.82, 2.24) is 30.2 Å². The molecule has 2 aromatic heterocycles. The highest BCUT2D eigenvalue weighted by Gasteiger charge is 2.19. The number of carbonyl (C=O) groups excluding carboxylic acids is 1. The van der Waals surface area contributed by atoms with E-state index >= 15 is 0 Å². The maximum atomic E-state index is 12.4. The minimum absolute atomic E-state index is 0.159. The van der Waals surface area contributed by atoms with Crippen molar-refractivity contribution in [3.05, 3.63) is 30.4 Å². The second-order valence-electron chi connectivity index (χ2n) is 6.59. The van der Waals surface area contributed by atoms with Gasteiger partial charge >= 0.3 is 6.03 Å². The smallest absolute Gasteiger partial charge is 0.317 e. The van der Waals surface area contributed by atoms with Gasteiger partial charge in [-0.3, -0.25) is 9.88 Å². The molecule has 146 valence electrons. The third-order valence-corrected chi connectivity index (χ3v) is 4.51. The van der Waals surface area contributed by atoms with Crippen LogP contribution in [0.15, 0.2) is 29.0 Å². The monoisotopic (exact) mass is 374 g/mol. The van der Waals surface area contributed by atoms with E-state index in [1.807, 2.05) is 6.92 Å². The summed E-state index contributed by atoms with van der Waals surface area (Å²) in [6, 6.07) is 3.08. The van der Waals surface area contributed by atoms with E-state index in [1.165, 1.54) is 0 Å². The molecule has 0 spiro atoms. The van der Waals surface area contributed by atoms with Crippen molar-refractivity contribution in [2.75, 3.05) is 46.4 Å². The van der Waals surface area contributed by atoms with Crippen molar-refractivity contribution < 1.29 is 14.1 Å². The fourth-order valence-corrected chi connectivity index (χ4v) is 2.84. The zero-order valence-corrected chi connectivity index (χ0v) is 15.8. The van der Waals surface area contributed by atoms with E-state index in [0.29, 0.717) is 18.3 Å². The van der Waals surface area contributed by atoms with Crippen LogP contribution in [-0.4, -0.2) is 77.4 Å². The third kappa shape index (κ3) is 5.48. The van der Waals surface area contributed by atoms with E-state index in [4.69, 9.17) is 9.26 Å². The first kappa shape index (κ1) is 19.2. The lowest BCUT2D eigenvalue weighted by molar-refractivity contribution is 0.0367. The summed E-state index contributed by atoms with van der Waals surface area (Å²) < 4.78 is 10.6. The number of aromatic nitrogens is 3. The SMILES string of the molecule is C[C@@H](NC(=O)N(C)CCCN1CCOCC1)c1nc(-c2ccncc2)no1. The highest BCUT2D eigenvalue weighted by molar-refractivity contribution is 5.74. The van der Waals surface area contributed by atoms with Crippen LogP contribution in [0.3, 0.4) is 0 Å². The van der Waals surface area contributed by atoms with Crippen LogP contribution in [0.25, 0.3) is 11.4 Å². The highest BCUT2D eigenvalue weighted by Crippen LogP contribution is 2.17. The van der Waals surface area contributed by atoms with Crippen LogP contribution in [0.5, 0.6) is 0 Å². The topological polar surface area (TPSA) is 96.6 Å². The Morgan fingerprint density at radius 1 is 1.33 bits per heavy atom. The lowest BCUT2D eigenvalue weighted by Crippen LogP contribution is -2.41. The summed E-state index contributed by atoms with van der Waals surface area (Å²) >= 11 is 0. The first-order valence-corrected chi connectivity index (χ1v) is 9.19. The molecule has 0 bridgehead atoms. The zero-order valence-electron chi connectivity index (χ0n) is 15.8. The van der Waals surface area contributed by atoms with Crippen molar-refractivity contribution in [3.63, 3.8) is 0 Å². The Bertz CT molecular complexity index is 717. The zero-order chi connectivity index (χ0) is 19.1. The van der Waals surface area contributed by atoms with Crippen molar-refractivity contribution in [1.29, 1.82) is 0 Å². The molecular weight excluding hydrogens is 348 g/mol. The lowest BCUT2D eigenvalue weighted by atomic mass is 10.2. The molecule has 3 heterocycles. The van der Waals surface area contributed by atoms with Gasteiger partial charge in [0.05, 0.1) is 13.2 Å². The quantitative estimate of drug-likeness (QED) is 0.785. The highest BCUT2D eigenvalue weighted by atomic mass is 16.5. The number of urea groups is 1. The molecule has 1 aliphatic rings. The molecule has 1 N–H and O–H groups in total. The molecule has 1 saturated heterocycles. The molecule has 1 aliphatic heterocycles. The average Bonchev–Trinajstić information content (AvgIpc) is 3.20. The molecule has 9 nitrogen and oxygen atoms in total. The number of hydrogen-bond donors (Lipinski definition) is 1. The van der Waals surface area contributed by atoms with Gasteiger partial charge < -0.3 is 19.5 Å². The summed E-state index contributed by atoms with van der Waals surface area (Å²) in [5, 5.41) is 6.86. The first-order valence-electron chi connectivity index (χ1n) is 9.19. The molecule has 1 atom stereocenters. The Labute approximate surface area is 158 Å². The molecule has 2 aromatic rings. The molecule has 27 heavy (non-hydrogen) atoms. The molecule has 3 rings (SSSR count).